The van der Waals surface area contributed by atoms with E-state index in [9.17, 15) is 18.8 Å². The number of aromatic nitrogens is 1. The summed E-state index contributed by atoms with van der Waals surface area (Å²) >= 11 is 0. The van der Waals surface area contributed by atoms with Crippen molar-refractivity contribution in [1.29, 1.82) is 0 Å². The number of H-pyrrole nitrogens is 1. The molecule has 0 spiro atoms. The third-order valence-electron chi connectivity index (χ3n) is 4.55. The van der Waals surface area contributed by atoms with E-state index in [1.807, 2.05) is 13.8 Å². The van der Waals surface area contributed by atoms with Gasteiger partial charge in [0.25, 0.3) is 5.91 Å². The molecule has 8 heteroatoms. The maximum Gasteiger partial charge on any atom is 0.324 e. The number of hydrogen-bond donors (Lipinski definition) is 3. The van der Waals surface area contributed by atoms with Crippen LogP contribution in [0.25, 0.3) is 10.9 Å². The minimum atomic E-state index is -0.684. The van der Waals surface area contributed by atoms with E-state index in [4.69, 9.17) is 0 Å². The van der Waals surface area contributed by atoms with Crippen LogP contribution in [0.3, 0.4) is 0 Å². The van der Waals surface area contributed by atoms with Crippen molar-refractivity contribution in [3.63, 3.8) is 0 Å². The molecule has 144 valence electrons. The largest absolute Gasteiger partial charge is 0.361 e. The van der Waals surface area contributed by atoms with E-state index in [0.717, 1.165) is 21.4 Å². The van der Waals surface area contributed by atoms with E-state index in [-0.39, 0.29) is 43.1 Å². The van der Waals surface area contributed by atoms with Gasteiger partial charge >= 0.3 is 6.03 Å². The van der Waals surface area contributed by atoms with Crippen LogP contribution in [0.2, 0.25) is 0 Å². The molecule has 1 aliphatic rings. The monoisotopic (exact) mass is 374 g/mol. The van der Waals surface area contributed by atoms with E-state index in [0.29, 0.717) is 6.42 Å². The van der Waals surface area contributed by atoms with Crippen molar-refractivity contribution in [2.24, 2.45) is 0 Å². The summed E-state index contributed by atoms with van der Waals surface area (Å²) in [5.41, 5.74) is 1.64. The highest BCUT2D eigenvalue weighted by atomic mass is 19.1. The second-order valence-corrected chi connectivity index (χ2v) is 7.01. The lowest BCUT2D eigenvalue weighted by Gasteiger charge is -2.13. The molecule has 1 aromatic carbocycles. The van der Waals surface area contributed by atoms with Gasteiger partial charge in [0, 0.05) is 36.1 Å². The minimum absolute atomic E-state index is 0.0314. The lowest BCUT2D eigenvalue weighted by molar-refractivity contribution is -0.127. The van der Waals surface area contributed by atoms with E-state index in [1.165, 1.54) is 12.1 Å². The van der Waals surface area contributed by atoms with Crippen molar-refractivity contribution in [2.75, 3.05) is 6.54 Å². The lowest BCUT2D eigenvalue weighted by Crippen LogP contribution is -2.35. The number of rotatable bonds is 7. The van der Waals surface area contributed by atoms with Crippen LogP contribution in [0.5, 0.6) is 0 Å². The number of nitrogens with one attached hydrogen (secondary N) is 3. The molecule has 3 N–H and O–H groups in total. The van der Waals surface area contributed by atoms with Gasteiger partial charge in [-0.15, -0.1) is 0 Å². The summed E-state index contributed by atoms with van der Waals surface area (Å²) in [6.45, 7) is 3.92. The predicted molar refractivity (Wildman–Crippen MR) is 98.5 cm³/mol. The third kappa shape index (κ3) is 4.27. The average molecular weight is 374 g/mol. The van der Waals surface area contributed by atoms with Crippen molar-refractivity contribution in [2.45, 2.75) is 45.2 Å². The number of aromatic amines is 1. The zero-order valence-electron chi connectivity index (χ0n) is 15.3. The van der Waals surface area contributed by atoms with Gasteiger partial charge in [-0.1, -0.05) is 0 Å². The first-order valence-corrected chi connectivity index (χ1v) is 9.02. The Bertz CT molecular complexity index is 877. The summed E-state index contributed by atoms with van der Waals surface area (Å²) < 4.78 is 13.5. The van der Waals surface area contributed by atoms with Gasteiger partial charge < -0.3 is 15.6 Å². The van der Waals surface area contributed by atoms with Gasteiger partial charge in [0.05, 0.1) is 0 Å². The highest BCUT2D eigenvalue weighted by molar-refractivity contribution is 6.04. The van der Waals surface area contributed by atoms with E-state index < -0.39 is 12.1 Å². The molecule has 1 aromatic heterocycles. The Balaban J connectivity index is 1.58. The molecule has 0 aliphatic carbocycles. The van der Waals surface area contributed by atoms with E-state index in [2.05, 4.69) is 15.6 Å². The fourth-order valence-electron chi connectivity index (χ4n) is 3.24. The number of fused-ring (bicyclic) bond motifs is 1. The number of carbonyl (C=O) groups excluding carboxylic acids is 3. The molecule has 2 aromatic rings. The molecule has 27 heavy (non-hydrogen) atoms. The van der Waals surface area contributed by atoms with Crippen LogP contribution in [0, 0.1) is 5.82 Å². The van der Waals surface area contributed by atoms with Gasteiger partial charge in [0.1, 0.15) is 11.9 Å². The van der Waals surface area contributed by atoms with Crippen LogP contribution in [-0.2, 0) is 16.0 Å². The SMILES string of the molecule is CC(C)NC(=O)CC[C@@H]1NC(=O)N(CCc2c[nH]c3ccc(F)cc23)C1=O. The Kier molecular flexibility index (Phi) is 5.43. The van der Waals surface area contributed by atoms with Crippen molar-refractivity contribution in [3.8, 4) is 0 Å². The fourth-order valence-corrected chi connectivity index (χ4v) is 3.24. The normalized spacial score (nSPS) is 17.0. The molecule has 0 radical (unpaired) electrons. The molecule has 3 rings (SSSR count). The summed E-state index contributed by atoms with van der Waals surface area (Å²) in [5.74, 6) is -0.812. The van der Waals surface area contributed by atoms with Gasteiger partial charge in [-0.3, -0.25) is 14.5 Å². The Hall–Kier alpha value is -2.90. The van der Waals surface area contributed by atoms with Crippen LogP contribution >= 0.6 is 0 Å². The number of benzene rings is 1. The standard InChI is InChI=1S/C19H23FN4O3/c1-11(2)22-17(25)6-5-16-18(26)24(19(27)23-16)8-7-12-10-21-15-4-3-13(20)9-14(12)15/h3-4,9-11,16,21H,5-8H2,1-2H3,(H,22,25)(H,23,27)/t16-/m0/s1. The first kappa shape index (κ1) is 18.9. The number of imide groups is 1. The van der Waals surface area contributed by atoms with Gasteiger partial charge in [0.15, 0.2) is 0 Å². The number of urea groups is 1. The molecule has 1 atom stereocenters. The Morgan fingerprint density at radius 1 is 1.33 bits per heavy atom. The molecule has 2 heterocycles. The van der Waals surface area contributed by atoms with Crippen LogP contribution in [0.1, 0.15) is 32.3 Å². The minimum Gasteiger partial charge on any atom is -0.361 e. The van der Waals surface area contributed by atoms with E-state index in [1.54, 1.807) is 12.3 Å². The summed E-state index contributed by atoms with van der Waals surface area (Å²) in [4.78, 5) is 40.5. The third-order valence-corrected chi connectivity index (χ3v) is 4.55. The average Bonchev–Trinajstić information content (AvgIpc) is 3.11. The maximum absolute atomic E-state index is 13.5. The molecule has 0 unspecified atom stereocenters. The summed E-state index contributed by atoms with van der Waals surface area (Å²) in [6, 6.07) is 3.35. The second kappa shape index (κ2) is 7.77. The van der Waals surface area contributed by atoms with Crippen LogP contribution in [-0.4, -0.2) is 46.4 Å². The Morgan fingerprint density at radius 2 is 2.11 bits per heavy atom. The first-order valence-electron chi connectivity index (χ1n) is 9.02. The molecule has 1 fully saturated rings. The highest BCUT2D eigenvalue weighted by Gasteiger charge is 2.37. The smallest absolute Gasteiger partial charge is 0.324 e. The zero-order valence-corrected chi connectivity index (χ0v) is 15.3. The van der Waals surface area contributed by atoms with Crippen molar-refractivity contribution in [3.05, 3.63) is 35.8 Å². The van der Waals surface area contributed by atoms with Gasteiger partial charge in [0.2, 0.25) is 5.91 Å². The van der Waals surface area contributed by atoms with Gasteiger partial charge in [-0.05, 0) is 50.5 Å². The van der Waals surface area contributed by atoms with Crippen LogP contribution in [0.4, 0.5) is 9.18 Å². The number of hydrogen-bond acceptors (Lipinski definition) is 3. The van der Waals surface area contributed by atoms with Gasteiger partial charge in [-0.2, -0.15) is 0 Å². The number of amides is 4. The fraction of sp³-hybridized carbons (Fsp3) is 0.421. The summed E-state index contributed by atoms with van der Waals surface area (Å²) in [6.07, 6.45) is 2.61. The number of halogens is 1. The molecule has 7 nitrogen and oxygen atoms in total. The number of carbonyl (C=O) groups is 3. The lowest BCUT2D eigenvalue weighted by atomic mass is 10.1. The zero-order chi connectivity index (χ0) is 19.6. The van der Waals surface area contributed by atoms with E-state index >= 15 is 0 Å². The first-order chi connectivity index (χ1) is 12.8. The topological polar surface area (TPSA) is 94.3 Å². The summed E-state index contributed by atoms with van der Waals surface area (Å²) in [7, 11) is 0. The second-order valence-electron chi connectivity index (χ2n) is 7.01. The van der Waals surface area contributed by atoms with Crippen molar-refractivity contribution < 1.29 is 18.8 Å². The molecule has 1 aliphatic heterocycles. The highest BCUT2D eigenvalue weighted by Crippen LogP contribution is 2.21. The van der Waals surface area contributed by atoms with Crippen molar-refractivity contribution in [1.82, 2.24) is 20.5 Å². The molecule has 1 saturated heterocycles. The molecule has 0 saturated carbocycles. The van der Waals surface area contributed by atoms with Crippen molar-refractivity contribution >= 4 is 28.7 Å². The van der Waals surface area contributed by atoms with Crippen LogP contribution < -0.4 is 10.6 Å². The summed E-state index contributed by atoms with van der Waals surface area (Å²) in [5, 5.41) is 6.13. The van der Waals surface area contributed by atoms with Gasteiger partial charge in [-0.25, -0.2) is 9.18 Å². The Morgan fingerprint density at radius 3 is 2.85 bits per heavy atom. The molecular weight excluding hydrogens is 351 g/mol. The maximum atomic E-state index is 13.5. The quantitative estimate of drug-likeness (QED) is 0.648. The predicted octanol–water partition coefficient (Wildman–Crippen LogP) is 2.07. The molecule has 0 bridgehead atoms. The van der Waals surface area contributed by atoms with Crippen LogP contribution in [0.15, 0.2) is 24.4 Å². The molecular formula is C19H23FN4O3. The molecule has 4 amide bonds. The Labute approximate surface area is 156 Å². The number of nitrogens with zero attached hydrogens (tertiary/aromatic N) is 1.